The maximum atomic E-state index is 12.1. The van der Waals surface area contributed by atoms with Gasteiger partial charge in [-0.3, -0.25) is 4.72 Å². The molecule has 0 heterocycles. The summed E-state index contributed by atoms with van der Waals surface area (Å²) < 4.78 is 26.9. The molecule has 3 nitrogen and oxygen atoms in total. The molecule has 2 rings (SSSR count). The van der Waals surface area contributed by atoms with Crippen LogP contribution in [0.5, 0.6) is 0 Å². The monoisotopic (exact) mass is 260 g/mol. The molecule has 1 radical (unpaired) electrons. The van der Waals surface area contributed by atoms with Crippen molar-refractivity contribution in [2.75, 3.05) is 4.72 Å². The Labute approximate surface area is 108 Å². The van der Waals surface area contributed by atoms with E-state index in [9.17, 15) is 8.42 Å². The largest absolute Gasteiger partial charge is 0.279 e. The van der Waals surface area contributed by atoms with Gasteiger partial charge >= 0.3 is 0 Å². The van der Waals surface area contributed by atoms with Gasteiger partial charge in [0, 0.05) is 0 Å². The molecule has 2 aromatic carbocycles. The molecule has 0 saturated heterocycles. The highest BCUT2D eigenvalue weighted by Crippen LogP contribution is 2.20. The van der Waals surface area contributed by atoms with Gasteiger partial charge < -0.3 is 0 Å². The van der Waals surface area contributed by atoms with Crippen molar-refractivity contribution in [3.05, 3.63) is 67.1 Å². The average Bonchev–Trinajstić information content (AvgIpc) is 2.40. The van der Waals surface area contributed by atoms with Gasteiger partial charge in [-0.25, -0.2) is 8.42 Å². The minimum atomic E-state index is -3.52. The minimum absolute atomic E-state index is 0.254. The topological polar surface area (TPSA) is 46.2 Å². The zero-order chi connectivity index (χ0) is 13.0. The number of sulfonamides is 1. The Morgan fingerprint density at radius 1 is 0.944 bits per heavy atom. The predicted molar refractivity (Wildman–Crippen MR) is 72.8 cm³/mol. The SMILES string of the molecule is [CH2]Cc1ccccc1NS(=O)(=O)c1ccccc1. The Bertz CT molecular complexity index is 621. The highest BCUT2D eigenvalue weighted by Gasteiger charge is 2.14. The summed E-state index contributed by atoms with van der Waals surface area (Å²) in [6, 6.07) is 15.6. The molecule has 0 aliphatic rings. The van der Waals surface area contributed by atoms with Crippen LogP contribution in [0.2, 0.25) is 0 Å². The third-order valence-corrected chi connectivity index (χ3v) is 3.97. The molecule has 0 spiro atoms. The fraction of sp³-hybridized carbons (Fsp3) is 0.0714. The van der Waals surface area contributed by atoms with E-state index in [-0.39, 0.29) is 4.90 Å². The van der Waals surface area contributed by atoms with Crippen molar-refractivity contribution in [2.24, 2.45) is 0 Å². The molecule has 0 amide bonds. The van der Waals surface area contributed by atoms with Crippen LogP contribution in [0.15, 0.2) is 59.5 Å². The van der Waals surface area contributed by atoms with Crippen LogP contribution in [0.3, 0.4) is 0 Å². The summed E-state index contributed by atoms with van der Waals surface area (Å²) in [6.07, 6.45) is 0.535. The first kappa shape index (κ1) is 12.6. The summed E-state index contributed by atoms with van der Waals surface area (Å²) in [7, 11) is -3.52. The van der Waals surface area contributed by atoms with Gasteiger partial charge in [-0.05, 0) is 37.1 Å². The van der Waals surface area contributed by atoms with Crippen LogP contribution < -0.4 is 4.72 Å². The summed E-state index contributed by atoms with van der Waals surface area (Å²) in [5.41, 5.74) is 1.45. The summed E-state index contributed by atoms with van der Waals surface area (Å²) in [5.74, 6) is 0. The van der Waals surface area contributed by atoms with Crippen molar-refractivity contribution < 1.29 is 8.42 Å². The Hall–Kier alpha value is -1.81. The van der Waals surface area contributed by atoms with Gasteiger partial charge in [0.05, 0.1) is 10.6 Å². The summed E-state index contributed by atoms with van der Waals surface area (Å²) in [4.78, 5) is 0.254. The van der Waals surface area contributed by atoms with Crippen LogP contribution in [0, 0.1) is 6.92 Å². The third kappa shape index (κ3) is 2.71. The molecule has 0 bridgehead atoms. The Kier molecular flexibility index (Phi) is 3.67. The normalized spacial score (nSPS) is 11.2. The highest BCUT2D eigenvalue weighted by molar-refractivity contribution is 7.92. The number of benzene rings is 2. The number of nitrogens with one attached hydrogen (secondary N) is 1. The molecular formula is C14H14NO2S. The molecule has 2 aromatic rings. The second-order valence-corrected chi connectivity index (χ2v) is 5.51. The van der Waals surface area contributed by atoms with Crippen LogP contribution >= 0.6 is 0 Å². The van der Waals surface area contributed by atoms with E-state index in [1.54, 1.807) is 42.5 Å². The fourth-order valence-corrected chi connectivity index (χ4v) is 2.76. The van der Waals surface area contributed by atoms with Crippen LogP contribution in [0.1, 0.15) is 5.56 Å². The molecule has 4 heteroatoms. The molecule has 0 saturated carbocycles. The van der Waals surface area contributed by atoms with E-state index in [1.165, 1.54) is 0 Å². The molecule has 93 valence electrons. The zero-order valence-corrected chi connectivity index (χ0v) is 10.7. The lowest BCUT2D eigenvalue weighted by atomic mass is 10.1. The van der Waals surface area contributed by atoms with Crippen LogP contribution in [-0.2, 0) is 16.4 Å². The fourth-order valence-electron chi connectivity index (χ4n) is 1.64. The molecule has 0 fully saturated rings. The summed E-state index contributed by atoms with van der Waals surface area (Å²) in [6.45, 7) is 3.78. The average molecular weight is 260 g/mol. The Morgan fingerprint density at radius 3 is 2.22 bits per heavy atom. The van der Waals surface area contributed by atoms with E-state index in [1.807, 2.05) is 12.1 Å². The van der Waals surface area contributed by atoms with E-state index in [2.05, 4.69) is 11.6 Å². The lowest BCUT2D eigenvalue weighted by Crippen LogP contribution is -2.13. The molecule has 0 unspecified atom stereocenters. The number of rotatable bonds is 4. The first-order valence-corrected chi connectivity index (χ1v) is 7.07. The number of para-hydroxylation sites is 1. The highest BCUT2D eigenvalue weighted by atomic mass is 32.2. The first-order valence-electron chi connectivity index (χ1n) is 5.58. The van der Waals surface area contributed by atoms with Gasteiger partial charge in [-0.15, -0.1) is 0 Å². The van der Waals surface area contributed by atoms with E-state index in [0.29, 0.717) is 12.1 Å². The summed E-state index contributed by atoms with van der Waals surface area (Å²) in [5, 5.41) is 0. The van der Waals surface area contributed by atoms with Gasteiger partial charge in [0.25, 0.3) is 10.0 Å². The first-order chi connectivity index (χ1) is 8.63. The quantitative estimate of drug-likeness (QED) is 0.918. The molecule has 0 aliphatic carbocycles. The second kappa shape index (κ2) is 5.23. The van der Waals surface area contributed by atoms with Crippen molar-refractivity contribution in [1.82, 2.24) is 0 Å². The molecule has 1 N–H and O–H groups in total. The van der Waals surface area contributed by atoms with Gasteiger partial charge in [-0.2, -0.15) is 0 Å². The second-order valence-electron chi connectivity index (χ2n) is 3.83. The number of anilines is 1. The van der Waals surface area contributed by atoms with E-state index in [0.717, 1.165) is 5.56 Å². The van der Waals surface area contributed by atoms with Crippen molar-refractivity contribution in [3.8, 4) is 0 Å². The van der Waals surface area contributed by atoms with Crippen LogP contribution in [-0.4, -0.2) is 8.42 Å². The molecular weight excluding hydrogens is 246 g/mol. The van der Waals surface area contributed by atoms with E-state index >= 15 is 0 Å². The standard InChI is InChI=1S/C14H14NO2S/c1-2-12-8-6-7-11-14(12)15-18(16,17)13-9-4-3-5-10-13/h3-11,15H,1-2H2. The van der Waals surface area contributed by atoms with Crippen molar-refractivity contribution in [3.63, 3.8) is 0 Å². The van der Waals surface area contributed by atoms with Gasteiger partial charge in [-0.1, -0.05) is 36.4 Å². The summed E-state index contributed by atoms with van der Waals surface area (Å²) >= 11 is 0. The Balaban J connectivity index is 2.34. The lowest BCUT2D eigenvalue weighted by Gasteiger charge is -2.11. The van der Waals surface area contributed by atoms with Crippen molar-refractivity contribution in [1.29, 1.82) is 0 Å². The van der Waals surface area contributed by atoms with Gasteiger partial charge in [0.1, 0.15) is 0 Å². The maximum Gasteiger partial charge on any atom is 0.261 e. The van der Waals surface area contributed by atoms with Gasteiger partial charge in [0.2, 0.25) is 0 Å². The maximum absolute atomic E-state index is 12.1. The van der Waals surface area contributed by atoms with Crippen LogP contribution in [0.25, 0.3) is 0 Å². The molecule has 0 aromatic heterocycles. The molecule has 0 aliphatic heterocycles. The third-order valence-electron chi connectivity index (χ3n) is 2.58. The van der Waals surface area contributed by atoms with E-state index < -0.39 is 10.0 Å². The van der Waals surface area contributed by atoms with Crippen LogP contribution in [0.4, 0.5) is 5.69 Å². The molecule has 18 heavy (non-hydrogen) atoms. The zero-order valence-electron chi connectivity index (χ0n) is 9.84. The smallest absolute Gasteiger partial charge is 0.261 e. The van der Waals surface area contributed by atoms with Gasteiger partial charge in [0.15, 0.2) is 0 Å². The number of hydrogen-bond donors (Lipinski definition) is 1. The number of hydrogen-bond acceptors (Lipinski definition) is 2. The van der Waals surface area contributed by atoms with Crippen molar-refractivity contribution in [2.45, 2.75) is 11.3 Å². The lowest BCUT2D eigenvalue weighted by molar-refractivity contribution is 0.601. The van der Waals surface area contributed by atoms with Crippen molar-refractivity contribution >= 4 is 15.7 Å². The predicted octanol–water partition coefficient (Wildman–Crippen LogP) is 2.86. The minimum Gasteiger partial charge on any atom is -0.279 e. The molecule has 0 atom stereocenters. The van der Waals surface area contributed by atoms with E-state index in [4.69, 9.17) is 0 Å². The Morgan fingerprint density at radius 2 is 1.56 bits per heavy atom.